The standard InChI is InChI=1S/C45H50ClF2N11O4/c1-55-33-9-5-26(19-31(33)37-38(42(55)62)63-24-45(47,48)39(52-37)25-3-4-25)50-40-32(46)23-49-43(53-40)59-13-11-44(12-14-59)21-28(22-44)58-17-15-57(16-18-58)27-6-7-29-34(20-27)56(2)54-36(29)30-8-10-35(60)51-41(30)61/h5-7,9,19-20,23,25,28,30,39,52H,3-4,8,10-18,21-22,24H2,1-2H3,(H,49,50,53)(H,51,60,61). The molecule has 7 heterocycles. The number of pyridine rings is 1. The topological polar surface area (TPSA) is 155 Å². The minimum Gasteiger partial charge on any atom is -0.480 e. The van der Waals surface area contributed by atoms with Crippen LogP contribution in [0.3, 0.4) is 0 Å². The molecule has 1 spiro atoms. The fourth-order valence-corrected chi connectivity index (χ4v) is 11.0. The van der Waals surface area contributed by atoms with Crippen molar-refractivity contribution in [1.29, 1.82) is 0 Å². The number of fused-ring (bicyclic) bond motifs is 4. The maximum atomic E-state index is 15.2. The van der Waals surface area contributed by atoms with E-state index in [1.807, 2.05) is 23.9 Å². The van der Waals surface area contributed by atoms with Gasteiger partial charge in [0, 0.05) is 88.0 Å². The summed E-state index contributed by atoms with van der Waals surface area (Å²) < 4.78 is 39.2. The summed E-state index contributed by atoms with van der Waals surface area (Å²) in [6.07, 6.45) is 8.33. The Kier molecular flexibility index (Phi) is 9.60. The third kappa shape index (κ3) is 7.11. The molecule has 5 fully saturated rings. The van der Waals surface area contributed by atoms with Gasteiger partial charge in [0.05, 0.1) is 40.6 Å². The summed E-state index contributed by atoms with van der Waals surface area (Å²) in [7, 11) is 3.52. The highest BCUT2D eigenvalue weighted by Gasteiger charge is 2.51. The lowest BCUT2D eigenvalue weighted by molar-refractivity contribution is -0.134. The van der Waals surface area contributed by atoms with Gasteiger partial charge in [0.1, 0.15) is 5.02 Å². The lowest BCUT2D eigenvalue weighted by Gasteiger charge is -2.56. The van der Waals surface area contributed by atoms with Crippen molar-refractivity contribution in [2.75, 3.05) is 66.3 Å². The Balaban J connectivity index is 0.713. The van der Waals surface area contributed by atoms with Crippen molar-refractivity contribution in [1.82, 2.24) is 34.5 Å². The largest absolute Gasteiger partial charge is 0.480 e. The van der Waals surface area contributed by atoms with E-state index >= 15 is 8.78 Å². The number of piperazine rings is 1. The number of imide groups is 1. The fraction of sp³-hybridized carbons (Fsp3) is 0.511. The van der Waals surface area contributed by atoms with Crippen LogP contribution < -0.4 is 36.0 Å². The first kappa shape index (κ1) is 40.2. The molecule has 15 nitrogen and oxygen atoms in total. The van der Waals surface area contributed by atoms with Crippen LogP contribution in [-0.2, 0) is 23.7 Å². The molecule has 2 aliphatic carbocycles. The molecule has 4 aliphatic heterocycles. The van der Waals surface area contributed by atoms with Crippen molar-refractivity contribution >= 4 is 74.0 Å². The number of nitrogens with one attached hydrogen (secondary N) is 3. The molecule has 5 aromatic rings. The molecule has 2 saturated carbocycles. The second kappa shape index (κ2) is 15.0. The van der Waals surface area contributed by atoms with E-state index in [-0.39, 0.29) is 29.2 Å². The quantitative estimate of drug-likeness (QED) is 0.166. The van der Waals surface area contributed by atoms with E-state index in [1.54, 1.807) is 19.3 Å². The first-order valence-corrected chi connectivity index (χ1v) is 22.5. The van der Waals surface area contributed by atoms with Gasteiger partial charge in [0.25, 0.3) is 5.56 Å². The van der Waals surface area contributed by atoms with Crippen LogP contribution in [0.15, 0.2) is 47.4 Å². The zero-order valence-corrected chi connectivity index (χ0v) is 36.1. The first-order valence-electron chi connectivity index (χ1n) is 22.1. The summed E-state index contributed by atoms with van der Waals surface area (Å²) in [6, 6.07) is 11.3. The van der Waals surface area contributed by atoms with Crippen molar-refractivity contribution in [3.05, 3.63) is 63.7 Å². The van der Waals surface area contributed by atoms with Crippen molar-refractivity contribution < 1.29 is 23.1 Å². The predicted octanol–water partition coefficient (Wildman–Crippen LogP) is 5.92. The smallest absolute Gasteiger partial charge is 0.301 e. The molecule has 63 heavy (non-hydrogen) atoms. The summed E-state index contributed by atoms with van der Waals surface area (Å²) in [5.74, 6) is -3.28. The number of ether oxygens (including phenoxy) is 1. The molecule has 0 bridgehead atoms. The number of hydrogen-bond donors (Lipinski definition) is 3. The summed E-state index contributed by atoms with van der Waals surface area (Å²) in [4.78, 5) is 54.4. The zero-order valence-electron chi connectivity index (χ0n) is 35.3. The van der Waals surface area contributed by atoms with Crippen LogP contribution in [0.5, 0.6) is 5.75 Å². The van der Waals surface area contributed by atoms with Gasteiger partial charge in [-0.25, -0.2) is 13.8 Å². The molecule has 2 unspecified atom stereocenters. The van der Waals surface area contributed by atoms with E-state index < -0.39 is 30.0 Å². The third-order valence-electron chi connectivity index (χ3n) is 14.7. The van der Waals surface area contributed by atoms with E-state index in [1.165, 1.54) is 17.4 Å². The van der Waals surface area contributed by atoms with Gasteiger partial charge in [-0.15, -0.1) is 0 Å². The number of aryl methyl sites for hydroxylation is 2. The SMILES string of the molecule is Cn1nc(C2CCC(=O)NC2=O)c2ccc(N3CCN(C4CC5(CCN(c6ncc(Cl)c(Nc7ccc8c(c7)c7c(c(=O)n8C)OCC(F)(F)C(C8CC8)N7)n6)CC5)C4)CC3)cc21. The maximum Gasteiger partial charge on any atom is 0.301 e. The minimum absolute atomic E-state index is 0.101. The number of aromatic nitrogens is 5. The molecular weight excluding hydrogens is 832 g/mol. The molecule has 18 heteroatoms. The van der Waals surface area contributed by atoms with Crippen molar-refractivity contribution in [3.8, 4) is 5.75 Å². The van der Waals surface area contributed by atoms with Gasteiger partial charge >= 0.3 is 5.92 Å². The van der Waals surface area contributed by atoms with Gasteiger partial charge in [-0.3, -0.25) is 29.3 Å². The number of anilines is 5. The van der Waals surface area contributed by atoms with Gasteiger partial charge in [0.2, 0.25) is 23.5 Å². The van der Waals surface area contributed by atoms with Gasteiger partial charge in [-0.05, 0) is 92.7 Å². The predicted molar refractivity (Wildman–Crippen MR) is 237 cm³/mol. The summed E-state index contributed by atoms with van der Waals surface area (Å²) in [6.45, 7) is 4.73. The average Bonchev–Trinajstić information content (AvgIpc) is 4.07. The molecule has 3 N–H and O–H groups in total. The Morgan fingerprint density at radius 1 is 0.905 bits per heavy atom. The number of alkyl halides is 2. The van der Waals surface area contributed by atoms with E-state index in [0.29, 0.717) is 70.5 Å². The molecule has 3 aromatic heterocycles. The lowest BCUT2D eigenvalue weighted by atomic mass is 9.60. The molecule has 2 amide bonds. The van der Waals surface area contributed by atoms with Crippen molar-refractivity contribution in [2.24, 2.45) is 25.4 Å². The Morgan fingerprint density at radius 3 is 2.43 bits per heavy atom. The third-order valence-corrected chi connectivity index (χ3v) is 15.0. The lowest BCUT2D eigenvalue weighted by Crippen LogP contribution is -2.59. The van der Waals surface area contributed by atoms with Crippen molar-refractivity contribution in [2.45, 2.75) is 75.3 Å². The summed E-state index contributed by atoms with van der Waals surface area (Å²) in [5, 5.41) is 15.5. The summed E-state index contributed by atoms with van der Waals surface area (Å²) in [5.41, 5.74) is 4.23. The second-order valence-corrected chi connectivity index (χ2v) is 19.0. The number of nitrogens with zero attached hydrogens (tertiary/aromatic N) is 8. The van der Waals surface area contributed by atoms with Crippen LogP contribution in [0.25, 0.3) is 21.8 Å². The maximum absolute atomic E-state index is 15.2. The monoisotopic (exact) mass is 881 g/mol. The van der Waals surface area contributed by atoms with E-state index in [9.17, 15) is 14.4 Å². The molecule has 6 aliphatic rings. The van der Waals surface area contributed by atoms with E-state index in [4.69, 9.17) is 26.4 Å². The van der Waals surface area contributed by atoms with Crippen molar-refractivity contribution in [3.63, 3.8) is 0 Å². The number of hydrogen-bond acceptors (Lipinski definition) is 12. The molecule has 0 radical (unpaired) electrons. The van der Waals surface area contributed by atoms with Gasteiger partial charge in [0.15, 0.2) is 12.4 Å². The van der Waals surface area contributed by atoms with Crippen LogP contribution in [0, 0.1) is 11.3 Å². The molecule has 11 rings (SSSR count). The van der Waals surface area contributed by atoms with Gasteiger partial charge in [-0.2, -0.15) is 10.1 Å². The Bertz CT molecular complexity index is 2730. The molecule has 330 valence electrons. The number of rotatable bonds is 7. The highest BCUT2D eigenvalue weighted by molar-refractivity contribution is 6.33. The Labute approximate surface area is 367 Å². The summed E-state index contributed by atoms with van der Waals surface area (Å²) >= 11 is 6.66. The number of benzene rings is 2. The number of piperidine rings is 2. The Hall–Kier alpha value is -5.55. The van der Waals surface area contributed by atoms with Gasteiger partial charge in [-0.1, -0.05) is 11.6 Å². The minimum atomic E-state index is -3.13. The Morgan fingerprint density at radius 2 is 1.68 bits per heavy atom. The van der Waals surface area contributed by atoms with Gasteiger partial charge < -0.3 is 29.7 Å². The van der Waals surface area contributed by atoms with Crippen LogP contribution >= 0.6 is 11.6 Å². The fourth-order valence-electron chi connectivity index (χ4n) is 10.8. The molecule has 2 atom stereocenters. The zero-order chi connectivity index (χ0) is 43.4. The number of carbonyl (C=O) groups is 2. The normalized spacial score (nSPS) is 23.8. The second-order valence-electron chi connectivity index (χ2n) is 18.6. The van der Waals surface area contributed by atoms with Crippen LogP contribution in [0.4, 0.5) is 37.6 Å². The highest BCUT2D eigenvalue weighted by Crippen LogP contribution is 2.52. The highest BCUT2D eigenvalue weighted by atomic mass is 35.5. The average molecular weight is 882 g/mol. The number of halogens is 3. The number of amides is 2. The number of carbonyl (C=O) groups excluding carboxylic acids is 2. The van der Waals surface area contributed by atoms with E-state index in [0.717, 1.165) is 74.4 Å². The van der Waals surface area contributed by atoms with Crippen LogP contribution in [-0.4, -0.2) is 105 Å². The molecule has 2 aromatic carbocycles. The van der Waals surface area contributed by atoms with E-state index in [2.05, 4.69) is 53.8 Å². The van der Waals surface area contributed by atoms with Crippen LogP contribution in [0.2, 0.25) is 5.02 Å². The molecule has 3 saturated heterocycles. The first-order chi connectivity index (χ1) is 30.3. The molecular formula is C45H50ClF2N11O4. The van der Waals surface area contributed by atoms with Crippen LogP contribution in [0.1, 0.15) is 63.0 Å².